The number of amides is 1. The number of nitrogens with zero attached hydrogens (tertiary/aromatic N) is 1. The average molecular weight is 158 g/mol. The molecule has 0 aromatic carbocycles. The fourth-order valence-electron chi connectivity index (χ4n) is 0.494. The largest absolute Gasteiger partial charge is 0.389 e. The maximum atomic E-state index is 10.7. The second kappa shape index (κ2) is 2.63. The molecule has 0 saturated carbocycles. The van der Waals surface area contributed by atoms with Crippen molar-refractivity contribution in [3.63, 3.8) is 0 Å². The lowest BCUT2D eigenvalue weighted by molar-refractivity contribution is 0.0950. The second-order valence-electron chi connectivity index (χ2n) is 1.54. The van der Waals surface area contributed by atoms with E-state index in [0.717, 1.165) is 0 Å². The Morgan fingerprint density at radius 2 is 2.50 bits per heavy atom. The first-order valence-electron chi connectivity index (χ1n) is 2.45. The van der Waals surface area contributed by atoms with Gasteiger partial charge in [-0.2, -0.15) is 0 Å². The molecular weight excluding hydrogens is 152 g/mol. The third-order valence-electron chi connectivity index (χ3n) is 0.941. The number of anilines is 1. The first-order valence-corrected chi connectivity index (χ1v) is 3.33. The maximum Gasteiger partial charge on any atom is 0.286 e. The van der Waals surface area contributed by atoms with Gasteiger partial charge >= 0.3 is 0 Å². The summed E-state index contributed by atoms with van der Waals surface area (Å²) >= 11 is 1.20. The molecule has 1 aromatic heterocycles. The zero-order valence-corrected chi connectivity index (χ0v) is 5.81. The molecule has 1 heterocycles. The number of nitrogens with two attached hydrogens (primary N) is 2. The van der Waals surface area contributed by atoms with Gasteiger partial charge in [0.15, 0.2) is 5.69 Å². The molecule has 6 heteroatoms. The second-order valence-corrected chi connectivity index (χ2v) is 2.43. The number of nitrogens with one attached hydrogen (secondary N) is 1. The van der Waals surface area contributed by atoms with Crippen LogP contribution in [-0.2, 0) is 0 Å². The number of carbonyl (C=O) groups is 1. The van der Waals surface area contributed by atoms with Crippen molar-refractivity contribution in [2.75, 3.05) is 5.73 Å². The highest BCUT2D eigenvalue weighted by Gasteiger charge is 2.09. The van der Waals surface area contributed by atoms with Crippen molar-refractivity contribution in [3.05, 3.63) is 11.2 Å². The van der Waals surface area contributed by atoms with E-state index in [1.165, 1.54) is 16.8 Å². The molecule has 1 rings (SSSR count). The predicted octanol–water partition coefficient (Wildman–Crippen LogP) is -0.671. The van der Waals surface area contributed by atoms with E-state index in [9.17, 15) is 4.79 Å². The number of hydrogen-bond donors (Lipinski definition) is 3. The van der Waals surface area contributed by atoms with Gasteiger partial charge in [0.1, 0.15) is 5.00 Å². The molecule has 0 spiro atoms. The summed E-state index contributed by atoms with van der Waals surface area (Å²) in [6.45, 7) is 0. The van der Waals surface area contributed by atoms with Crippen molar-refractivity contribution in [3.8, 4) is 0 Å². The van der Waals surface area contributed by atoms with Crippen molar-refractivity contribution in [2.45, 2.75) is 0 Å². The van der Waals surface area contributed by atoms with Gasteiger partial charge in [0.2, 0.25) is 0 Å². The van der Waals surface area contributed by atoms with Crippen molar-refractivity contribution in [1.82, 2.24) is 10.4 Å². The van der Waals surface area contributed by atoms with Gasteiger partial charge in [0.05, 0.1) is 5.51 Å². The standard InChI is InChI=1S/C4H6N4OS/c5-3-2(4(9)8-6)7-1-10-3/h1H,5-6H2,(H,8,9). The number of hydrazine groups is 1. The third kappa shape index (κ3) is 1.07. The number of nitrogen functional groups attached to an aromatic ring is 2. The van der Waals surface area contributed by atoms with E-state index in [4.69, 9.17) is 11.6 Å². The van der Waals surface area contributed by atoms with Crippen LogP contribution in [0.4, 0.5) is 5.00 Å². The molecule has 0 aliphatic heterocycles. The Morgan fingerprint density at radius 3 is 2.90 bits per heavy atom. The Labute approximate surface area is 61.0 Å². The van der Waals surface area contributed by atoms with Gasteiger partial charge in [-0.15, -0.1) is 11.3 Å². The Kier molecular flexibility index (Phi) is 1.83. The van der Waals surface area contributed by atoms with Gasteiger partial charge in [0, 0.05) is 0 Å². The zero-order chi connectivity index (χ0) is 7.56. The van der Waals surface area contributed by atoms with Crippen LogP contribution in [0.1, 0.15) is 10.5 Å². The fourth-order valence-corrected chi connectivity index (χ4v) is 1.02. The van der Waals surface area contributed by atoms with Crippen molar-refractivity contribution in [2.24, 2.45) is 5.84 Å². The summed E-state index contributed by atoms with van der Waals surface area (Å²) in [6.07, 6.45) is 0. The summed E-state index contributed by atoms with van der Waals surface area (Å²) in [4.78, 5) is 14.4. The van der Waals surface area contributed by atoms with Gasteiger partial charge in [-0.05, 0) is 0 Å². The monoisotopic (exact) mass is 158 g/mol. The highest BCUT2D eigenvalue weighted by molar-refractivity contribution is 7.14. The van der Waals surface area contributed by atoms with Crippen LogP contribution in [0.3, 0.4) is 0 Å². The number of hydrogen-bond acceptors (Lipinski definition) is 5. The van der Waals surface area contributed by atoms with Crippen LogP contribution in [0.5, 0.6) is 0 Å². The van der Waals surface area contributed by atoms with Crippen LogP contribution in [0, 0.1) is 0 Å². The predicted molar refractivity (Wildman–Crippen MR) is 38.2 cm³/mol. The molecule has 0 saturated heterocycles. The first kappa shape index (κ1) is 6.97. The van der Waals surface area contributed by atoms with Gasteiger partial charge in [-0.1, -0.05) is 0 Å². The lowest BCUT2D eigenvalue weighted by Crippen LogP contribution is -2.30. The minimum atomic E-state index is -0.459. The van der Waals surface area contributed by atoms with Crippen LogP contribution < -0.4 is 17.0 Å². The molecule has 0 aliphatic carbocycles. The summed E-state index contributed by atoms with van der Waals surface area (Å²) in [6, 6.07) is 0. The van der Waals surface area contributed by atoms with Crippen LogP contribution in [0.25, 0.3) is 0 Å². The van der Waals surface area contributed by atoms with Gasteiger partial charge < -0.3 is 5.73 Å². The molecule has 0 unspecified atom stereocenters. The minimum absolute atomic E-state index is 0.188. The Balaban J connectivity index is 2.93. The van der Waals surface area contributed by atoms with Gasteiger partial charge in [0.25, 0.3) is 5.91 Å². The number of thiazole rings is 1. The Hall–Kier alpha value is -1.14. The third-order valence-corrected chi connectivity index (χ3v) is 1.60. The quantitative estimate of drug-likeness (QED) is 0.287. The molecule has 0 atom stereocenters. The van der Waals surface area contributed by atoms with E-state index in [2.05, 4.69) is 4.98 Å². The molecule has 0 fully saturated rings. The zero-order valence-electron chi connectivity index (χ0n) is 5.00. The summed E-state index contributed by atoms with van der Waals surface area (Å²) in [5, 5.41) is 0.378. The van der Waals surface area contributed by atoms with Crippen LogP contribution in [-0.4, -0.2) is 10.9 Å². The molecule has 5 N–H and O–H groups in total. The van der Waals surface area contributed by atoms with E-state index < -0.39 is 5.91 Å². The number of carbonyl (C=O) groups excluding carboxylic acids is 1. The SMILES string of the molecule is NNC(=O)c1ncsc1N. The molecule has 0 bridgehead atoms. The summed E-state index contributed by atoms with van der Waals surface area (Å²) in [5.74, 6) is 4.38. The molecule has 0 aliphatic rings. The molecule has 1 aromatic rings. The molecule has 54 valence electrons. The highest BCUT2D eigenvalue weighted by atomic mass is 32.1. The summed E-state index contributed by atoms with van der Waals surface area (Å²) in [5.41, 5.74) is 8.96. The van der Waals surface area contributed by atoms with Crippen molar-refractivity contribution < 1.29 is 4.79 Å². The van der Waals surface area contributed by atoms with Gasteiger partial charge in [-0.25, -0.2) is 10.8 Å². The van der Waals surface area contributed by atoms with Crippen LogP contribution >= 0.6 is 11.3 Å². The van der Waals surface area contributed by atoms with E-state index in [0.29, 0.717) is 5.00 Å². The van der Waals surface area contributed by atoms with Crippen molar-refractivity contribution >= 4 is 22.2 Å². The average Bonchev–Trinajstić information content (AvgIpc) is 2.34. The maximum absolute atomic E-state index is 10.7. The summed E-state index contributed by atoms with van der Waals surface area (Å²) in [7, 11) is 0. The first-order chi connectivity index (χ1) is 4.75. The minimum Gasteiger partial charge on any atom is -0.389 e. The van der Waals surface area contributed by atoms with E-state index in [1.807, 2.05) is 5.43 Å². The smallest absolute Gasteiger partial charge is 0.286 e. The Bertz CT molecular complexity index is 245. The Morgan fingerprint density at radius 1 is 1.80 bits per heavy atom. The summed E-state index contributed by atoms with van der Waals surface area (Å²) < 4.78 is 0. The molecule has 1 amide bonds. The number of rotatable bonds is 1. The van der Waals surface area contributed by atoms with Crippen LogP contribution in [0.15, 0.2) is 5.51 Å². The highest BCUT2D eigenvalue weighted by Crippen LogP contribution is 2.14. The normalized spacial score (nSPS) is 9.30. The fraction of sp³-hybridized carbons (Fsp3) is 0. The van der Waals surface area contributed by atoms with E-state index in [1.54, 1.807) is 0 Å². The van der Waals surface area contributed by atoms with Crippen molar-refractivity contribution in [1.29, 1.82) is 0 Å². The molecule has 5 nitrogen and oxygen atoms in total. The molecular formula is C4H6N4OS. The topological polar surface area (TPSA) is 94.0 Å². The lowest BCUT2D eigenvalue weighted by atomic mass is 10.4. The van der Waals surface area contributed by atoms with E-state index in [-0.39, 0.29) is 5.69 Å². The van der Waals surface area contributed by atoms with E-state index >= 15 is 0 Å². The molecule has 10 heavy (non-hydrogen) atoms. The van der Waals surface area contributed by atoms with Crippen LogP contribution in [0.2, 0.25) is 0 Å². The molecule has 0 radical (unpaired) electrons. The van der Waals surface area contributed by atoms with Gasteiger partial charge in [-0.3, -0.25) is 10.2 Å². The lowest BCUT2D eigenvalue weighted by Gasteiger charge is -1.93. The number of aromatic nitrogens is 1.